The molecule has 0 unspecified atom stereocenters. The third-order valence-electron chi connectivity index (χ3n) is 4.17. The summed E-state index contributed by atoms with van der Waals surface area (Å²) in [5.41, 5.74) is 18.7. The molecule has 1 saturated heterocycles. The van der Waals surface area contributed by atoms with Gasteiger partial charge in [0.15, 0.2) is 13.1 Å². The molecule has 0 bridgehead atoms. The highest BCUT2D eigenvalue weighted by atomic mass is 16.5. The van der Waals surface area contributed by atoms with Gasteiger partial charge in [-0.1, -0.05) is 30.3 Å². The zero-order valence-corrected chi connectivity index (χ0v) is 13.7. The quantitative estimate of drug-likeness (QED) is 0.335. The van der Waals surface area contributed by atoms with Crippen molar-refractivity contribution in [1.29, 1.82) is 0 Å². The highest BCUT2D eigenvalue weighted by Crippen LogP contribution is 2.29. The van der Waals surface area contributed by atoms with Crippen LogP contribution in [-0.4, -0.2) is 42.6 Å². The Bertz CT molecular complexity index is 691. The van der Waals surface area contributed by atoms with Crippen LogP contribution < -0.4 is 16.9 Å². The van der Waals surface area contributed by atoms with Crippen LogP contribution in [0, 0.1) is 0 Å². The average molecular weight is 326 g/mol. The Balaban J connectivity index is 1.94. The van der Waals surface area contributed by atoms with E-state index < -0.39 is 0 Å². The first-order valence-corrected chi connectivity index (χ1v) is 8.23. The predicted molar refractivity (Wildman–Crippen MR) is 96.5 cm³/mol. The summed E-state index contributed by atoms with van der Waals surface area (Å²) < 4.78 is 7.89. The number of hydrogen-bond donors (Lipinski definition) is 3. The summed E-state index contributed by atoms with van der Waals surface area (Å²) in [6.45, 7) is 3.33. The molecule has 1 aromatic rings. The number of nitrogens with zero attached hydrogens (tertiary/aromatic N) is 2. The van der Waals surface area contributed by atoms with Gasteiger partial charge in [-0.2, -0.15) is 0 Å². The molecule has 1 aromatic carbocycles. The summed E-state index contributed by atoms with van der Waals surface area (Å²) >= 11 is 0. The molecule has 0 atom stereocenters. The second-order valence-electron chi connectivity index (χ2n) is 5.86. The molecule has 24 heavy (non-hydrogen) atoms. The first-order valence-electron chi connectivity index (χ1n) is 8.23. The Kier molecular flexibility index (Phi) is 5.28. The number of allylic oxidation sites excluding steroid dienone is 2. The molecule has 0 radical (unpaired) electrons. The lowest BCUT2D eigenvalue weighted by atomic mass is 10.1. The van der Waals surface area contributed by atoms with Gasteiger partial charge < -0.3 is 16.2 Å². The number of ether oxygens (including phenoxy) is 1. The van der Waals surface area contributed by atoms with Gasteiger partial charge in [0.1, 0.15) is 13.2 Å². The van der Waals surface area contributed by atoms with Gasteiger partial charge in [-0.15, -0.1) is 5.10 Å². The van der Waals surface area contributed by atoms with Crippen LogP contribution in [0.3, 0.4) is 0 Å². The van der Waals surface area contributed by atoms with Crippen LogP contribution in [0.15, 0.2) is 52.8 Å². The molecule has 1 heterocycles. The average Bonchev–Trinajstić information content (AvgIpc) is 2.99. The van der Waals surface area contributed by atoms with E-state index in [1.807, 2.05) is 12.3 Å². The van der Waals surface area contributed by atoms with E-state index in [1.165, 1.54) is 22.4 Å². The first kappa shape index (κ1) is 16.3. The molecule has 2 aliphatic rings. The number of rotatable bonds is 3. The minimum Gasteiger partial charge on any atom is -0.369 e. The van der Waals surface area contributed by atoms with Crippen LogP contribution in [0.1, 0.15) is 18.4 Å². The fraction of sp³-hybridized carbons (Fsp3) is 0.333. The summed E-state index contributed by atoms with van der Waals surface area (Å²) in [4.78, 5) is 0. The van der Waals surface area contributed by atoms with E-state index in [4.69, 9.17) is 16.2 Å². The Labute approximate surface area is 142 Å². The van der Waals surface area contributed by atoms with Crippen molar-refractivity contribution >= 4 is 17.7 Å². The van der Waals surface area contributed by atoms with Gasteiger partial charge in [0.05, 0.1) is 0 Å². The summed E-state index contributed by atoms with van der Waals surface area (Å²) in [5, 5.41) is 3.85. The summed E-state index contributed by atoms with van der Waals surface area (Å²) in [7, 11) is 0. The van der Waals surface area contributed by atoms with Crippen LogP contribution >= 0.6 is 0 Å². The maximum absolute atomic E-state index is 5.50. The van der Waals surface area contributed by atoms with E-state index in [0.717, 1.165) is 39.1 Å². The molecular formula is C18H24N5O+. The molecule has 1 saturated carbocycles. The number of hydrogen-bond acceptors (Lipinski definition) is 3. The van der Waals surface area contributed by atoms with E-state index in [0.29, 0.717) is 0 Å². The molecule has 6 heteroatoms. The van der Waals surface area contributed by atoms with Crippen molar-refractivity contribution < 1.29 is 9.31 Å². The third-order valence-corrected chi connectivity index (χ3v) is 4.17. The molecule has 0 amide bonds. The Morgan fingerprint density at radius 2 is 1.79 bits per heavy atom. The standard InChI is InChI=1S/C18H23N5O/c19-18(20)22-21-13-16-7-6-15(12-14-4-2-1-3-5-14)17(16)23-8-10-24-11-9-23/h1-5,12-13H,6-11H2,(H4,19,20,22)/p+1. The molecule has 0 aromatic heterocycles. The van der Waals surface area contributed by atoms with Gasteiger partial charge in [-0.3, -0.25) is 5.43 Å². The van der Waals surface area contributed by atoms with E-state index in [9.17, 15) is 0 Å². The molecule has 2 fully saturated rings. The molecule has 5 N–H and O–H groups in total. The maximum Gasteiger partial charge on any atom is 0.208 e. The van der Waals surface area contributed by atoms with Crippen LogP contribution in [0.25, 0.3) is 6.08 Å². The van der Waals surface area contributed by atoms with Gasteiger partial charge in [0.25, 0.3) is 0 Å². The summed E-state index contributed by atoms with van der Waals surface area (Å²) in [6, 6.07) is 10.4. The van der Waals surface area contributed by atoms with Crippen LogP contribution in [-0.2, 0) is 4.74 Å². The fourth-order valence-electron chi connectivity index (χ4n) is 3.12. The summed E-state index contributed by atoms with van der Waals surface area (Å²) in [5.74, 6) is 0.0258. The number of nitrogens with one attached hydrogen (secondary N) is 1. The SMILES string of the molecule is NC(N)=NNC=C1CCC(=Cc2ccccc2)C1=[N+]1CCOCC1. The summed E-state index contributed by atoms with van der Waals surface area (Å²) in [6.07, 6.45) is 6.15. The van der Waals surface area contributed by atoms with Gasteiger partial charge in [-0.25, -0.2) is 4.58 Å². The monoisotopic (exact) mass is 326 g/mol. The zero-order chi connectivity index (χ0) is 16.8. The second-order valence-corrected chi connectivity index (χ2v) is 5.86. The van der Waals surface area contributed by atoms with Crippen molar-refractivity contribution in [3.63, 3.8) is 0 Å². The lowest BCUT2D eigenvalue weighted by Crippen LogP contribution is -2.33. The minimum absolute atomic E-state index is 0.0258. The molecule has 126 valence electrons. The second kappa shape index (κ2) is 7.79. The number of hydrazone groups is 1. The van der Waals surface area contributed by atoms with Crippen LogP contribution in [0.5, 0.6) is 0 Å². The smallest absolute Gasteiger partial charge is 0.208 e. The normalized spacial score (nSPS) is 21.3. The lowest BCUT2D eigenvalue weighted by molar-refractivity contribution is -0.548. The Hall–Kier alpha value is -2.60. The topological polar surface area (TPSA) is 88.7 Å². The highest BCUT2D eigenvalue weighted by molar-refractivity contribution is 6.14. The highest BCUT2D eigenvalue weighted by Gasteiger charge is 2.31. The van der Waals surface area contributed by atoms with Crippen molar-refractivity contribution in [2.24, 2.45) is 16.6 Å². The molecule has 0 spiro atoms. The van der Waals surface area contributed by atoms with E-state index >= 15 is 0 Å². The van der Waals surface area contributed by atoms with Crippen molar-refractivity contribution in [3.05, 3.63) is 53.2 Å². The van der Waals surface area contributed by atoms with Gasteiger partial charge >= 0.3 is 0 Å². The van der Waals surface area contributed by atoms with Crippen molar-refractivity contribution in [1.82, 2.24) is 5.43 Å². The van der Waals surface area contributed by atoms with Crippen molar-refractivity contribution in [3.8, 4) is 0 Å². The minimum atomic E-state index is 0.0258. The largest absolute Gasteiger partial charge is 0.369 e. The van der Waals surface area contributed by atoms with E-state index in [2.05, 4.69) is 45.4 Å². The predicted octanol–water partition coefficient (Wildman–Crippen LogP) is 1.01. The van der Waals surface area contributed by atoms with Gasteiger partial charge in [-0.05, 0) is 24.5 Å². The van der Waals surface area contributed by atoms with Gasteiger partial charge in [0.2, 0.25) is 11.7 Å². The number of benzene rings is 1. The van der Waals surface area contributed by atoms with E-state index in [1.54, 1.807) is 0 Å². The Morgan fingerprint density at radius 1 is 1.08 bits per heavy atom. The molecule has 6 nitrogen and oxygen atoms in total. The van der Waals surface area contributed by atoms with Gasteiger partial charge in [0, 0.05) is 17.3 Å². The fourth-order valence-corrected chi connectivity index (χ4v) is 3.12. The first-order chi connectivity index (χ1) is 11.7. The van der Waals surface area contributed by atoms with Crippen LogP contribution in [0.2, 0.25) is 0 Å². The zero-order valence-electron chi connectivity index (χ0n) is 13.7. The van der Waals surface area contributed by atoms with Crippen molar-refractivity contribution in [2.45, 2.75) is 12.8 Å². The number of morpholine rings is 1. The molecule has 1 aliphatic carbocycles. The van der Waals surface area contributed by atoms with Crippen molar-refractivity contribution in [2.75, 3.05) is 26.3 Å². The molecule has 3 rings (SSSR count). The van der Waals surface area contributed by atoms with E-state index in [-0.39, 0.29) is 5.96 Å². The third kappa shape index (κ3) is 4.02. The Morgan fingerprint density at radius 3 is 2.50 bits per heavy atom. The van der Waals surface area contributed by atoms with Crippen LogP contribution in [0.4, 0.5) is 0 Å². The lowest BCUT2D eigenvalue weighted by Gasteiger charge is -2.14. The number of guanidine groups is 1. The maximum atomic E-state index is 5.50. The molecular weight excluding hydrogens is 302 g/mol. The number of nitrogens with two attached hydrogens (primary N) is 2. The molecule has 1 aliphatic heterocycles.